The summed E-state index contributed by atoms with van der Waals surface area (Å²) >= 11 is 0. The lowest BCUT2D eigenvalue weighted by Crippen LogP contribution is -2.34. The molecule has 1 aliphatic rings. The quantitative estimate of drug-likeness (QED) is 0.578. The summed E-state index contributed by atoms with van der Waals surface area (Å²) in [6.07, 6.45) is 0.734. The number of carboxylic acids is 1. The highest BCUT2D eigenvalue weighted by molar-refractivity contribution is 5.81. The predicted molar refractivity (Wildman–Crippen MR) is 116 cm³/mol. The molecule has 3 heterocycles. The number of nitrogens with zero attached hydrogens (tertiary/aromatic N) is 5. The van der Waals surface area contributed by atoms with E-state index in [2.05, 4.69) is 63.4 Å². The standard InChI is InChI=1S/C20H27N5O.C2HF3O2/c1-23-19(13-16-5-2-3-7-20(16)23)15-24-10-8-18(9-11-24)25-14-17(21-22-25)6-4-12-26;3-2(4,5)1(6)7/h2-3,5,7,13-14,18,26H,4,6,8-12,15H2,1H3;(H,6,7). The largest absolute Gasteiger partial charge is 0.490 e. The number of aliphatic hydroxyl groups is 1. The summed E-state index contributed by atoms with van der Waals surface area (Å²) in [5.74, 6) is -2.76. The van der Waals surface area contributed by atoms with E-state index in [-0.39, 0.29) is 6.61 Å². The van der Waals surface area contributed by atoms with E-state index in [1.54, 1.807) is 0 Å². The number of carboxylic acid groups (broad SMARTS) is 1. The Hall–Kier alpha value is -2.92. The summed E-state index contributed by atoms with van der Waals surface area (Å²) in [6.45, 7) is 3.37. The van der Waals surface area contributed by atoms with Crippen molar-refractivity contribution in [2.45, 2.75) is 44.4 Å². The maximum absolute atomic E-state index is 10.6. The first kappa shape index (κ1) is 24.7. The van der Waals surface area contributed by atoms with Gasteiger partial charge in [0.05, 0.1) is 11.7 Å². The number of alkyl halides is 3. The number of aromatic nitrogens is 4. The van der Waals surface area contributed by atoms with Gasteiger partial charge in [0.25, 0.3) is 0 Å². The van der Waals surface area contributed by atoms with Gasteiger partial charge >= 0.3 is 12.1 Å². The molecule has 0 radical (unpaired) electrons. The molecule has 1 fully saturated rings. The van der Waals surface area contributed by atoms with Gasteiger partial charge < -0.3 is 14.8 Å². The van der Waals surface area contributed by atoms with Crippen LogP contribution in [-0.2, 0) is 24.8 Å². The molecule has 8 nitrogen and oxygen atoms in total. The molecule has 1 aromatic carbocycles. The highest BCUT2D eigenvalue weighted by Crippen LogP contribution is 2.25. The molecular formula is C22H28F3N5O3. The first-order chi connectivity index (χ1) is 15.7. The molecule has 0 saturated carbocycles. The average Bonchev–Trinajstić information content (AvgIpc) is 3.38. The van der Waals surface area contributed by atoms with Gasteiger partial charge in [0.1, 0.15) is 0 Å². The Bertz CT molecular complexity index is 1060. The molecule has 3 aromatic rings. The second kappa shape index (κ2) is 10.8. The zero-order valence-corrected chi connectivity index (χ0v) is 18.4. The van der Waals surface area contributed by atoms with Crippen LogP contribution in [0.3, 0.4) is 0 Å². The highest BCUT2D eigenvalue weighted by atomic mass is 19.4. The lowest BCUT2D eigenvalue weighted by Gasteiger charge is -2.31. The van der Waals surface area contributed by atoms with E-state index in [9.17, 15) is 13.2 Å². The van der Waals surface area contributed by atoms with E-state index in [0.717, 1.165) is 51.0 Å². The minimum absolute atomic E-state index is 0.208. The Morgan fingerprint density at radius 1 is 1.21 bits per heavy atom. The molecule has 180 valence electrons. The van der Waals surface area contributed by atoms with Gasteiger partial charge in [-0.2, -0.15) is 13.2 Å². The molecule has 2 aromatic heterocycles. The third kappa shape index (κ3) is 6.55. The zero-order chi connectivity index (χ0) is 24.0. The fourth-order valence-electron chi connectivity index (χ4n) is 3.94. The minimum atomic E-state index is -5.08. The molecular weight excluding hydrogens is 439 g/mol. The van der Waals surface area contributed by atoms with Crippen LogP contribution in [0, 0.1) is 0 Å². The van der Waals surface area contributed by atoms with Crippen molar-refractivity contribution in [3.8, 4) is 0 Å². The van der Waals surface area contributed by atoms with Crippen LogP contribution in [0.2, 0.25) is 0 Å². The van der Waals surface area contributed by atoms with Crippen molar-refractivity contribution in [2.75, 3.05) is 19.7 Å². The summed E-state index contributed by atoms with van der Waals surface area (Å²) < 4.78 is 36.1. The summed E-state index contributed by atoms with van der Waals surface area (Å²) in [6, 6.07) is 11.3. The fraction of sp³-hybridized carbons (Fsp3) is 0.500. The van der Waals surface area contributed by atoms with Crippen molar-refractivity contribution < 1.29 is 28.2 Å². The monoisotopic (exact) mass is 467 g/mol. The van der Waals surface area contributed by atoms with Crippen LogP contribution in [0.15, 0.2) is 36.5 Å². The molecule has 0 aliphatic carbocycles. The lowest BCUT2D eigenvalue weighted by molar-refractivity contribution is -0.192. The summed E-state index contributed by atoms with van der Waals surface area (Å²) in [5, 5.41) is 25.9. The first-order valence-electron chi connectivity index (χ1n) is 10.8. The van der Waals surface area contributed by atoms with Crippen molar-refractivity contribution in [3.05, 3.63) is 47.9 Å². The number of carbonyl (C=O) groups is 1. The van der Waals surface area contributed by atoms with Crippen molar-refractivity contribution in [1.29, 1.82) is 0 Å². The van der Waals surface area contributed by atoms with Crippen molar-refractivity contribution in [3.63, 3.8) is 0 Å². The van der Waals surface area contributed by atoms with Crippen LogP contribution in [0.25, 0.3) is 10.9 Å². The fourth-order valence-corrected chi connectivity index (χ4v) is 3.94. The van der Waals surface area contributed by atoms with Gasteiger partial charge in [0.15, 0.2) is 0 Å². The summed E-state index contributed by atoms with van der Waals surface area (Å²) in [4.78, 5) is 11.4. The molecule has 0 spiro atoms. The van der Waals surface area contributed by atoms with Crippen LogP contribution in [0.5, 0.6) is 0 Å². The average molecular weight is 467 g/mol. The van der Waals surface area contributed by atoms with Gasteiger partial charge in [-0.3, -0.25) is 4.90 Å². The van der Waals surface area contributed by atoms with E-state index in [0.29, 0.717) is 6.04 Å². The van der Waals surface area contributed by atoms with E-state index in [1.165, 1.54) is 16.6 Å². The number of hydrogen-bond acceptors (Lipinski definition) is 5. The number of halogens is 3. The Kier molecular flexibility index (Phi) is 8.09. The van der Waals surface area contributed by atoms with E-state index in [1.807, 2.05) is 4.68 Å². The Morgan fingerprint density at radius 2 is 1.88 bits per heavy atom. The van der Waals surface area contributed by atoms with Crippen LogP contribution < -0.4 is 0 Å². The lowest BCUT2D eigenvalue weighted by atomic mass is 10.1. The predicted octanol–water partition coefficient (Wildman–Crippen LogP) is 3.17. The SMILES string of the molecule is Cn1c(CN2CCC(n3cc(CCCO)nn3)CC2)cc2ccccc21.O=C(O)C(F)(F)F. The zero-order valence-electron chi connectivity index (χ0n) is 18.4. The van der Waals surface area contributed by atoms with Gasteiger partial charge in [0, 0.05) is 50.7 Å². The van der Waals surface area contributed by atoms with Crippen LogP contribution in [0.4, 0.5) is 13.2 Å². The number of rotatable bonds is 6. The molecule has 4 rings (SSSR count). The summed E-state index contributed by atoms with van der Waals surface area (Å²) in [5.41, 5.74) is 3.66. The maximum atomic E-state index is 10.6. The van der Waals surface area contributed by atoms with Gasteiger partial charge in [0.2, 0.25) is 0 Å². The maximum Gasteiger partial charge on any atom is 0.490 e. The Balaban J connectivity index is 0.000000383. The molecule has 1 saturated heterocycles. The molecule has 0 bridgehead atoms. The summed E-state index contributed by atoms with van der Waals surface area (Å²) in [7, 11) is 2.16. The van der Waals surface area contributed by atoms with E-state index in [4.69, 9.17) is 15.0 Å². The third-order valence-electron chi connectivity index (χ3n) is 5.76. The smallest absolute Gasteiger partial charge is 0.475 e. The van der Waals surface area contributed by atoms with E-state index < -0.39 is 12.1 Å². The number of likely N-dealkylation sites (tertiary alicyclic amines) is 1. The van der Waals surface area contributed by atoms with Crippen LogP contribution in [-0.4, -0.2) is 66.5 Å². The van der Waals surface area contributed by atoms with Gasteiger partial charge in [-0.25, -0.2) is 9.48 Å². The van der Waals surface area contributed by atoms with Gasteiger partial charge in [-0.05, 0) is 43.2 Å². The van der Waals surface area contributed by atoms with Gasteiger partial charge in [-0.1, -0.05) is 23.4 Å². The number of aliphatic hydroxyl groups excluding tert-OH is 1. The Morgan fingerprint density at radius 3 is 2.48 bits per heavy atom. The number of para-hydroxylation sites is 1. The molecule has 33 heavy (non-hydrogen) atoms. The Labute approximate surface area is 189 Å². The second-order valence-corrected chi connectivity index (χ2v) is 8.08. The highest BCUT2D eigenvalue weighted by Gasteiger charge is 2.38. The number of hydrogen-bond donors (Lipinski definition) is 2. The molecule has 0 atom stereocenters. The second-order valence-electron chi connectivity index (χ2n) is 8.08. The molecule has 11 heteroatoms. The van der Waals surface area contributed by atoms with Crippen LogP contribution in [0.1, 0.15) is 36.7 Å². The number of piperidine rings is 1. The number of benzene rings is 1. The molecule has 1 aliphatic heterocycles. The van der Waals surface area contributed by atoms with Crippen molar-refractivity contribution >= 4 is 16.9 Å². The van der Waals surface area contributed by atoms with Crippen molar-refractivity contribution in [2.24, 2.45) is 7.05 Å². The van der Waals surface area contributed by atoms with Gasteiger partial charge in [-0.15, -0.1) is 5.10 Å². The minimum Gasteiger partial charge on any atom is -0.475 e. The molecule has 0 amide bonds. The topological polar surface area (TPSA) is 96.4 Å². The number of aryl methyl sites for hydroxylation is 2. The van der Waals surface area contributed by atoms with Crippen LogP contribution >= 0.6 is 0 Å². The normalized spacial score (nSPS) is 15.4. The van der Waals surface area contributed by atoms with Crippen molar-refractivity contribution in [1.82, 2.24) is 24.5 Å². The number of fused-ring (bicyclic) bond motifs is 1. The van der Waals surface area contributed by atoms with E-state index >= 15 is 0 Å². The molecule has 2 N–H and O–H groups in total. The number of aliphatic carboxylic acids is 1. The third-order valence-corrected chi connectivity index (χ3v) is 5.76. The molecule has 0 unspecified atom stereocenters. The first-order valence-corrected chi connectivity index (χ1v) is 10.8.